The second kappa shape index (κ2) is 5.96. The van der Waals surface area contributed by atoms with E-state index in [0.717, 1.165) is 0 Å². The van der Waals surface area contributed by atoms with Gasteiger partial charge in [0.2, 0.25) is 11.3 Å². The van der Waals surface area contributed by atoms with Crippen molar-refractivity contribution in [2.24, 2.45) is 0 Å². The number of anilines is 4. The van der Waals surface area contributed by atoms with Gasteiger partial charge in [0.15, 0.2) is 11.6 Å². The van der Waals surface area contributed by atoms with Crippen molar-refractivity contribution in [2.75, 3.05) is 10.6 Å². The molecular weight excluding hydrogens is 324 g/mol. The van der Waals surface area contributed by atoms with Gasteiger partial charge in [0.05, 0.1) is 0 Å². The van der Waals surface area contributed by atoms with E-state index in [-0.39, 0.29) is 22.8 Å². The number of fused-ring (bicyclic) bond motifs is 1. The van der Waals surface area contributed by atoms with E-state index in [0.29, 0.717) is 23.0 Å². The van der Waals surface area contributed by atoms with Crippen molar-refractivity contribution in [3.8, 4) is 11.5 Å². The van der Waals surface area contributed by atoms with E-state index in [1.807, 2.05) is 0 Å². The second-order valence-electron chi connectivity index (χ2n) is 5.18. The molecule has 2 aromatic carbocycles. The molecule has 9 nitrogen and oxygen atoms in total. The van der Waals surface area contributed by atoms with Crippen molar-refractivity contribution in [3.63, 3.8) is 0 Å². The number of benzene rings is 2. The molecule has 124 valence electrons. The van der Waals surface area contributed by atoms with E-state index in [1.54, 1.807) is 48.5 Å². The predicted octanol–water partition coefficient (Wildman–Crippen LogP) is 2.91. The maximum Gasteiger partial charge on any atom is 0.245 e. The molecule has 0 radical (unpaired) electrons. The molecule has 0 aliphatic heterocycles. The molecule has 0 aliphatic rings. The first kappa shape index (κ1) is 14.7. The number of hydrogen-bond donors (Lipinski definition) is 4. The predicted molar refractivity (Wildman–Crippen MR) is 90.2 cm³/mol. The first-order chi connectivity index (χ1) is 12.2. The molecule has 0 saturated carbocycles. The molecule has 0 bridgehead atoms. The highest BCUT2D eigenvalue weighted by Gasteiger charge is 2.13. The molecule has 9 heteroatoms. The zero-order chi connectivity index (χ0) is 17.2. The molecule has 2 aromatic heterocycles. The lowest BCUT2D eigenvalue weighted by molar-refractivity contribution is 0.314. The fourth-order valence-electron chi connectivity index (χ4n) is 2.18. The normalized spacial score (nSPS) is 10.7. The standard InChI is InChI=1S/C16H12N6O3/c23-11-5-1-9(2-6-11)17-13-14(18-10-3-7-12(24)8-4-10)20-16-15(19-13)21-25-22-16/h1-8,23-24H,(H,17,19,21)(H,18,20,22). The lowest BCUT2D eigenvalue weighted by Crippen LogP contribution is -2.03. The lowest BCUT2D eigenvalue weighted by Gasteiger charge is -2.12. The van der Waals surface area contributed by atoms with Gasteiger partial charge in [-0.25, -0.2) is 14.6 Å². The van der Waals surface area contributed by atoms with Crippen molar-refractivity contribution in [1.29, 1.82) is 0 Å². The Morgan fingerprint density at radius 2 is 1.04 bits per heavy atom. The summed E-state index contributed by atoms with van der Waals surface area (Å²) in [5.74, 6) is 1.13. The molecule has 0 fully saturated rings. The van der Waals surface area contributed by atoms with Gasteiger partial charge >= 0.3 is 0 Å². The van der Waals surface area contributed by atoms with Crippen LogP contribution in [0.5, 0.6) is 11.5 Å². The summed E-state index contributed by atoms with van der Waals surface area (Å²) in [6.45, 7) is 0. The van der Waals surface area contributed by atoms with Gasteiger partial charge in [0, 0.05) is 11.4 Å². The summed E-state index contributed by atoms with van der Waals surface area (Å²) >= 11 is 0. The molecule has 0 amide bonds. The lowest BCUT2D eigenvalue weighted by atomic mass is 10.3. The third-order valence-corrected chi connectivity index (χ3v) is 3.37. The summed E-state index contributed by atoms with van der Waals surface area (Å²) in [4.78, 5) is 8.70. The number of nitrogens with zero attached hydrogens (tertiary/aromatic N) is 4. The van der Waals surface area contributed by atoms with Gasteiger partial charge in [0.25, 0.3) is 0 Å². The minimum Gasteiger partial charge on any atom is -0.508 e. The van der Waals surface area contributed by atoms with Crippen molar-refractivity contribution in [3.05, 3.63) is 48.5 Å². The number of nitrogens with one attached hydrogen (secondary N) is 2. The Balaban J connectivity index is 1.72. The van der Waals surface area contributed by atoms with Crippen LogP contribution in [0.25, 0.3) is 11.3 Å². The monoisotopic (exact) mass is 336 g/mol. The minimum absolute atomic E-state index is 0.162. The highest BCUT2D eigenvalue weighted by molar-refractivity contribution is 5.79. The third-order valence-electron chi connectivity index (χ3n) is 3.37. The van der Waals surface area contributed by atoms with Gasteiger partial charge in [-0.05, 0) is 58.8 Å². The Labute approximate surface area is 140 Å². The van der Waals surface area contributed by atoms with Crippen LogP contribution < -0.4 is 10.6 Å². The van der Waals surface area contributed by atoms with Crippen molar-refractivity contribution in [2.45, 2.75) is 0 Å². The zero-order valence-corrected chi connectivity index (χ0v) is 12.7. The van der Waals surface area contributed by atoms with Gasteiger partial charge in [-0.2, -0.15) is 0 Å². The van der Waals surface area contributed by atoms with E-state index in [9.17, 15) is 10.2 Å². The SMILES string of the molecule is Oc1ccc(Nc2nc3nonc3nc2Nc2ccc(O)cc2)cc1. The minimum atomic E-state index is 0.162. The van der Waals surface area contributed by atoms with Crippen LogP contribution in [-0.2, 0) is 0 Å². The summed E-state index contributed by atoms with van der Waals surface area (Å²) in [5, 5.41) is 32.4. The fraction of sp³-hybridized carbons (Fsp3) is 0. The van der Waals surface area contributed by atoms with Gasteiger partial charge in [0.1, 0.15) is 11.5 Å². The molecule has 25 heavy (non-hydrogen) atoms. The molecule has 4 N–H and O–H groups in total. The molecule has 0 saturated heterocycles. The molecular formula is C16H12N6O3. The highest BCUT2D eigenvalue weighted by atomic mass is 16.6. The summed E-state index contributed by atoms with van der Waals surface area (Å²) in [5.41, 5.74) is 1.93. The Morgan fingerprint density at radius 1 is 0.640 bits per heavy atom. The van der Waals surface area contributed by atoms with Crippen LogP contribution in [0.15, 0.2) is 53.2 Å². The van der Waals surface area contributed by atoms with Crippen molar-refractivity contribution in [1.82, 2.24) is 20.3 Å². The van der Waals surface area contributed by atoms with Gasteiger partial charge in [-0.15, -0.1) is 0 Å². The largest absolute Gasteiger partial charge is 0.508 e. The molecule has 0 unspecified atom stereocenters. The van der Waals surface area contributed by atoms with E-state index < -0.39 is 0 Å². The molecule has 4 aromatic rings. The second-order valence-corrected chi connectivity index (χ2v) is 5.18. The van der Waals surface area contributed by atoms with Crippen LogP contribution in [0.3, 0.4) is 0 Å². The molecule has 0 atom stereocenters. The Bertz CT molecular complexity index is 933. The summed E-state index contributed by atoms with van der Waals surface area (Å²) < 4.78 is 4.66. The van der Waals surface area contributed by atoms with Crippen molar-refractivity contribution < 1.29 is 14.8 Å². The number of rotatable bonds is 4. The van der Waals surface area contributed by atoms with Crippen LogP contribution in [0.2, 0.25) is 0 Å². The molecule has 4 rings (SSSR count). The third kappa shape index (κ3) is 3.11. The molecule has 0 spiro atoms. The maximum atomic E-state index is 9.39. The van der Waals surface area contributed by atoms with Crippen LogP contribution in [0.4, 0.5) is 23.0 Å². The van der Waals surface area contributed by atoms with E-state index >= 15 is 0 Å². The Hall–Kier alpha value is -3.88. The number of aromatic nitrogens is 4. The summed E-state index contributed by atoms with van der Waals surface area (Å²) in [6.07, 6.45) is 0. The molecule has 2 heterocycles. The smallest absolute Gasteiger partial charge is 0.245 e. The topological polar surface area (TPSA) is 129 Å². The summed E-state index contributed by atoms with van der Waals surface area (Å²) in [7, 11) is 0. The summed E-state index contributed by atoms with van der Waals surface area (Å²) in [6, 6.07) is 13.0. The van der Waals surface area contributed by atoms with E-state index in [4.69, 9.17) is 0 Å². The first-order valence-corrected chi connectivity index (χ1v) is 7.30. The van der Waals surface area contributed by atoms with Crippen LogP contribution in [-0.4, -0.2) is 30.5 Å². The first-order valence-electron chi connectivity index (χ1n) is 7.30. The number of phenols is 2. The Kier molecular flexibility index (Phi) is 3.51. The number of aromatic hydroxyl groups is 2. The van der Waals surface area contributed by atoms with Crippen LogP contribution in [0, 0.1) is 0 Å². The van der Waals surface area contributed by atoms with Crippen LogP contribution in [0.1, 0.15) is 0 Å². The van der Waals surface area contributed by atoms with Gasteiger partial charge in [-0.3, -0.25) is 0 Å². The Morgan fingerprint density at radius 3 is 1.44 bits per heavy atom. The average Bonchev–Trinajstić information content (AvgIpc) is 3.06. The number of hydrogen-bond acceptors (Lipinski definition) is 9. The van der Waals surface area contributed by atoms with Crippen LogP contribution >= 0.6 is 0 Å². The van der Waals surface area contributed by atoms with E-state index in [2.05, 4.69) is 35.5 Å². The number of phenolic OH excluding ortho intramolecular Hbond substituents is 2. The zero-order valence-electron chi connectivity index (χ0n) is 12.7. The molecule has 0 aliphatic carbocycles. The van der Waals surface area contributed by atoms with Crippen molar-refractivity contribution >= 4 is 34.3 Å². The quantitative estimate of drug-likeness (QED) is 0.416. The average molecular weight is 336 g/mol. The van der Waals surface area contributed by atoms with Gasteiger partial charge < -0.3 is 20.8 Å². The van der Waals surface area contributed by atoms with Gasteiger partial charge in [-0.1, -0.05) is 0 Å². The maximum absolute atomic E-state index is 9.39. The van der Waals surface area contributed by atoms with E-state index in [1.165, 1.54) is 0 Å². The fourth-order valence-corrected chi connectivity index (χ4v) is 2.18. The highest BCUT2D eigenvalue weighted by Crippen LogP contribution is 2.27.